The molecule has 0 spiro atoms. The maximum absolute atomic E-state index is 11.9. The van der Waals surface area contributed by atoms with E-state index >= 15 is 0 Å². The Morgan fingerprint density at radius 1 is 1.33 bits per heavy atom. The Morgan fingerprint density at radius 2 is 1.95 bits per heavy atom. The summed E-state index contributed by atoms with van der Waals surface area (Å²) < 4.78 is 0. The van der Waals surface area contributed by atoms with E-state index in [0.29, 0.717) is 0 Å². The highest BCUT2D eigenvalue weighted by Crippen LogP contribution is 2.30. The number of hydrogen-bond donors (Lipinski definition) is 2. The molecule has 0 aliphatic heterocycles. The molecule has 0 saturated carbocycles. The highest BCUT2D eigenvalue weighted by atomic mass is 35.5. The molecular weight excluding hydrogens is 321 g/mol. The third kappa shape index (κ3) is 4.87. The van der Waals surface area contributed by atoms with E-state index in [1.54, 1.807) is 13.8 Å². The Labute approximate surface area is 130 Å². The van der Waals surface area contributed by atoms with Gasteiger partial charge in [-0.05, 0) is 13.8 Å². The maximum Gasteiger partial charge on any atom is 0.271 e. The van der Waals surface area contributed by atoms with Crippen LogP contribution in [0.5, 0.6) is 0 Å². The lowest BCUT2D eigenvalue weighted by atomic mass is 10.2. The fourth-order valence-electron chi connectivity index (χ4n) is 1.47. The summed E-state index contributed by atoms with van der Waals surface area (Å²) in [6.45, 7) is 3.28. The van der Waals surface area contributed by atoms with Crippen molar-refractivity contribution in [3.8, 4) is 0 Å². The van der Waals surface area contributed by atoms with Crippen molar-refractivity contribution in [3.63, 3.8) is 0 Å². The maximum atomic E-state index is 11.9. The van der Waals surface area contributed by atoms with Crippen molar-refractivity contribution in [2.75, 3.05) is 6.54 Å². The second-order valence-corrected chi connectivity index (χ2v) is 5.24. The number of hydrogen-bond acceptors (Lipinski definition) is 4. The summed E-state index contributed by atoms with van der Waals surface area (Å²) in [5, 5.41) is 15.4. The highest BCUT2D eigenvalue weighted by molar-refractivity contribution is 6.44. The molecule has 0 saturated heterocycles. The van der Waals surface area contributed by atoms with Gasteiger partial charge in [-0.25, -0.2) is 0 Å². The topological polar surface area (TPSA) is 101 Å². The number of carbonyl (C=O) groups is 2. The van der Waals surface area contributed by atoms with Crippen molar-refractivity contribution in [1.29, 1.82) is 0 Å². The van der Waals surface area contributed by atoms with E-state index in [4.69, 9.17) is 23.2 Å². The van der Waals surface area contributed by atoms with E-state index in [2.05, 4.69) is 10.6 Å². The smallest absolute Gasteiger partial charge is 0.271 e. The molecular formula is C12H13Cl2N3O4. The minimum atomic E-state index is -0.718. The van der Waals surface area contributed by atoms with Crippen molar-refractivity contribution in [3.05, 3.63) is 37.9 Å². The number of rotatable bonds is 5. The van der Waals surface area contributed by atoms with E-state index in [-0.39, 0.29) is 39.8 Å². The second-order valence-electron chi connectivity index (χ2n) is 4.45. The molecule has 0 aliphatic carbocycles. The van der Waals surface area contributed by atoms with Crippen LogP contribution in [-0.4, -0.2) is 29.3 Å². The molecule has 0 unspecified atom stereocenters. The lowest BCUT2D eigenvalue weighted by Gasteiger charge is -2.10. The Bertz CT molecular complexity index is 590. The average molecular weight is 334 g/mol. The number of amides is 2. The van der Waals surface area contributed by atoms with Crippen molar-refractivity contribution < 1.29 is 14.5 Å². The van der Waals surface area contributed by atoms with E-state index in [9.17, 15) is 19.7 Å². The van der Waals surface area contributed by atoms with Gasteiger partial charge in [0, 0.05) is 18.2 Å². The number of non-ortho nitro benzene ring substituents is 1. The fraction of sp³-hybridized carbons (Fsp3) is 0.333. The van der Waals surface area contributed by atoms with Crippen LogP contribution in [0.2, 0.25) is 10.0 Å². The molecule has 0 heterocycles. The normalized spacial score (nSPS) is 10.3. The number of halogens is 2. The van der Waals surface area contributed by atoms with Gasteiger partial charge in [-0.15, -0.1) is 0 Å². The van der Waals surface area contributed by atoms with Crippen LogP contribution in [-0.2, 0) is 4.79 Å². The number of nitrogens with one attached hydrogen (secondary N) is 2. The average Bonchev–Trinajstić information content (AvgIpc) is 2.37. The number of nitrogens with zero attached hydrogens (tertiary/aromatic N) is 1. The quantitative estimate of drug-likeness (QED) is 0.636. The van der Waals surface area contributed by atoms with Crippen LogP contribution in [0, 0.1) is 10.1 Å². The van der Waals surface area contributed by atoms with Gasteiger partial charge in [0.2, 0.25) is 5.91 Å². The molecule has 0 aromatic heterocycles. The molecule has 114 valence electrons. The molecule has 0 aliphatic rings. The summed E-state index contributed by atoms with van der Waals surface area (Å²) in [4.78, 5) is 33.4. The standard InChI is InChI=1S/C12H13Cl2N3O4/c1-6(2)16-10(18)5-15-12(19)8-3-7(17(20)21)4-9(13)11(8)14/h3-4,6H,5H2,1-2H3,(H,15,19)(H,16,18). The van der Waals surface area contributed by atoms with Gasteiger partial charge in [-0.1, -0.05) is 23.2 Å². The largest absolute Gasteiger partial charge is 0.352 e. The fourth-order valence-corrected chi connectivity index (χ4v) is 1.88. The third-order valence-electron chi connectivity index (χ3n) is 2.33. The van der Waals surface area contributed by atoms with Gasteiger partial charge in [0.25, 0.3) is 11.6 Å². The summed E-state index contributed by atoms with van der Waals surface area (Å²) in [5.41, 5.74) is -0.519. The first-order valence-corrected chi connectivity index (χ1v) is 6.69. The van der Waals surface area contributed by atoms with Crippen LogP contribution in [0.15, 0.2) is 12.1 Å². The number of carbonyl (C=O) groups excluding carboxylic acids is 2. The van der Waals surface area contributed by atoms with Crippen LogP contribution < -0.4 is 10.6 Å². The number of benzene rings is 1. The second kappa shape index (κ2) is 7.24. The number of nitro groups is 1. The zero-order chi connectivity index (χ0) is 16.2. The molecule has 0 atom stereocenters. The molecule has 9 heteroatoms. The molecule has 21 heavy (non-hydrogen) atoms. The minimum Gasteiger partial charge on any atom is -0.352 e. The zero-order valence-electron chi connectivity index (χ0n) is 11.3. The van der Waals surface area contributed by atoms with Gasteiger partial charge < -0.3 is 10.6 Å². The van der Waals surface area contributed by atoms with Crippen molar-refractivity contribution >= 4 is 40.7 Å². The molecule has 2 amide bonds. The summed E-state index contributed by atoms with van der Waals surface area (Å²) >= 11 is 11.6. The van der Waals surface area contributed by atoms with Gasteiger partial charge in [0.15, 0.2) is 0 Å². The van der Waals surface area contributed by atoms with Crippen LogP contribution in [0.25, 0.3) is 0 Å². The molecule has 1 aromatic rings. The Hall–Kier alpha value is -1.86. The highest BCUT2D eigenvalue weighted by Gasteiger charge is 2.19. The van der Waals surface area contributed by atoms with Gasteiger partial charge in [0.05, 0.1) is 27.1 Å². The first-order chi connectivity index (χ1) is 9.72. The Kier molecular flexibility index (Phi) is 5.92. The summed E-state index contributed by atoms with van der Waals surface area (Å²) in [5.74, 6) is -1.10. The van der Waals surface area contributed by atoms with E-state index < -0.39 is 10.8 Å². The molecule has 7 nitrogen and oxygen atoms in total. The van der Waals surface area contributed by atoms with Crippen molar-refractivity contribution in [2.45, 2.75) is 19.9 Å². The summed E-state index contributed by atoms with van der Waals surface area (Å²) in [6, 6.07) is 1.99. The third-order valence-corrected chi connectivity index (χ3v) is 3.13. The van der Waals surface area contributed by atoms with Gasteiger partial charge in [0.1, 0.15) is 0 Å². The predicted molar refractivity (Wildman–Crippen MR) is 78.7 cm³/mol. The van der Waals surface area contributed by atoms with Crippen LogP contribution >= 0.6 is 23.2 Å². The zero-order valence-corrected chi connectivity index (χ0v) is 12.8. The summed E-state index contributed by atoms with van der Waals surface area (Å²) in [6.07, 6.45) is 0. The first kappa shape index (κ1) is 17.2. The monoisotopic (exact) mass is 333 g/mol. The van der Waals surface area contributed by atoms with Gasteiger partial charge in [-0.2, -0.15) is 0 Å². The van der Waals surface area contributed by atoms with Crippen LogP contribution in [0.1, 0.15) is 24.2 Å². The van der Waals surface area contributed by atoms with Crippen molar-refractivity contribution in [1.82, 2.24) is 10.6 Å². The Morgan fingerprint density at radius 3 is 2.48 bits per heavy atom. The van der Waals surface area contributed by atoms with Crippen LogP contribution in [0.3, 0.4) is 0 Å². The van der Waals surface area contributed by atoms with E-state index in [0.717, 1.165) is 12.1 Å². The Balaban J connectivity index is 2.87. The first-order valence-electron chi connectivity index (χ1n) is 5.93. The number of nitro benzene ring substituents is 1. The molecule has 0 bridgehead atoms. The van der Waals surface area contributed by atoms with Crippen LogP contribution in [0.4, 0.5) is 5.69 Å². The SMILES string of the molecule is CC(C)NC(=O)CNC(=O)c1cc([N+](=O)[O-])cc(Cl)c1Cl. The molecule has 0 fully saturated rings. The van der Waals surface area contributed by atoms with Gasteiger partial charge >= 0.3 is 0 Å². The molecule has 2 N–H and O–H groups in total. The molecule has 0 radical (unpaired) electrons. The van der Waals surface area contributed by atoms with Crippen molar-refractivity contribution in [2.24, 2.45) is 0 Å². The lowest BCUT2D eigenvalue weighted by molar-refractivity contribution is -0.384. The van der Waals surface area contributed by atoms with Gasteiger partial charge in [-0.3, -0.25) is 19.7 Å². The molecule has 1 rings (SSSR count). The summed E-state index contributed by atoms with van der Waals surface area (Å²) in [7, 11) is 0. The predicted octanol–water partition coefficient (Wildman–Crippen LogP) is 2.16. The molecule has 1 aromatic carbocycles. The van der Waals surface area contributed by atoms with E-state index in [1.807, 2.05) is 0 Å². The minimum absolute atomic E-state index is 0.0646. The lowest BCUT2D eigenvalue weighted by Crippen LogP contribution is -2.39. The van der Waals surface area contributed by atoms with E-state index in [1.165, 1.54) is 0 Å².